The highest BCUT2D eigenvalue weighted by Crippen LogP contribution is 2.31. The van der Waals surface area contributed by atoms with Gasteiger partial charge in [0.25, 0.3) is 5.91 Å². The maximum Gasteiger partial charge on any atom is 0.272 e. The van der Waals surface area contributed by atoms with Gasteiger partial charge < -0.3 is 14.5 Å². The van der Waals surface area contributed by atoms with Crippen LogP contribution in [0.5, 0.6) is 0 Å². The summed E-state index contributed by atoms with van der Waals surface area (Å²) in [6.45, 7) is 2.43. The van der Waals surface area contributed by atoms with Crippen LogP contribution in [0.4, 0.5) is 0 Å². The van der Waals surface area contributed by atoms with Gasteiger partial charge in [0.05, 0.1) is 17.7 Å². The number of ether oxygens (including phenoxy) is 1. The highest BCUT2D eigenvalue weighted by molar-refractivity contribution is 5.99. The molecule has 4 heterocycles. The van der Waals surface area contributed by atoms with Crippen LogP contribution in [-0.2, 0) is 4.74 Å². The molecule has 0 spiro atoms. The van der Waals surface area contributed by atoms with Gasteiger partial charge in [-0.05, 0) is 51.4 Å². The second-order valence-corrected chi connectivity index (χ2v) is 6.76. The molecule has 2 atom stereocenters. The van der Waals surface area contributed by atoms with Crippen LogP contribution in [-0.4, -0.2) is 53.0 Å². The molecular formula is C18H24N4O2. The number of fused-ring (bicyclic) bond motifs is 1. The maximum atomic E-state index is 12.7. The van der Waals surface area contributed by atoms with Crippen LogP contribution < -0.4 is 5.32 Å². The lowest BCUT2D eigenvalue weighted by Crippen LogP contribution is -2.32. The molecule has 6 heteroatoms. The van der Waals surface area contributed by atoms with E-state index in [2.05, 4.69) is 21.7 Å². The molecule has 2 saturated heterocycles. The van der Waals surface area contributed by atoms with Crippen molar-refractivity contribution in [3.8, 4) is 0 Å². The van der Waals surface area contributed by atoms with Gasteiger partial charge in [-0.1, -0.05) is 6.07 Å². The molecule has 1 N–H and O–H groups in total. The molecular weight excluding hydrogens is 304 g/mol. The molecule has 128 valence electrons. The number of carbonyl (C=O) groups excluding carboxylic acids is 1. The Morgan fingerprint density at radius 1 is 1.38 bits per heavy atom. The van der Waals surface area contributed by atoms with Crippen LogP contribution in [0.1, 0.15) is 48.0 Å². The summed E-state index contributed by atoms with van der Waals surface area (Å²) in [6.07, 6.45) is 6.49. The predicted octanol–water partition coefficient (Wildman–Crippen LogP) is 2.01. The van der Waals surface area contributed by atoms with Crippen LogP contribution in [0.2, 0.25) is 0 Å². The molecule has 2 aromatic heterocycles. The van der Waals surface area contributed by atoms with Gasteiger partial charge in [0, 0.05) is 19.3 Å². The zero-order valence-electron chi connectivity index (χ0n) is 14.1. The molecule has 2 aliphatic heterocycles. The average Bonchev–Trinajstić information content (AvgIpc) is 3.32. The molecule has 0 bridgehead atoms. The number of imidazole rings is 1. The minimum absolute atomic E-state index is 0.110. The smallest absolute Gasteiger partial charge is 0.272 e. The van der Waals surface area contributed by atoms with Crippen LogP contribution >= 0.6 is 0 Å². The Labute approximate surface area is 141 Å². The third-order valence-corrected chi connectivity index (χ3v) is 5.12. The van der Waals surface area contributed by atoms with Gasteiger partial charge in [-0.3, -0.25) is 9.69 Å². The summed E-state index contributed by atoms with van der Waals surface area (Å²) in [6, 6.07) is 6.18. The number of carbonyl (C=O) groups is 1. The second kappa shape index (κ2) is 6.53. The first-order valence-corrected chi connectivity index (χ1v) is 8.81. The van der Waals surface area contributed by atoms with Crippen molar-refractivity contribution in [2.45, 2.75) is 37.8 Å². The van der Waals surface area contributed by atoms with E-state index < -0.39 is 0 Å². The topological polar surface area (TPSA) is 58.9 Å². The van der Waals surface area contributed by atoms with Crippen molar-refractivity contribution in [1.82, 2.24) is 19.6 Å². The third-order valence-electron chi connectivity index (χ3n) is 5.12. The number of aromatic nitrogens is 2. The summed E-state index contributed by atoms with van der Waals surface area (Å²) >= 11 is 0. The van der Waals surface area contributed by atoms with Gasteiger partial charge in [0.2, 0.25) is 0 Å². The zero-order valence-corrected chi connectivity index (χ0v) is 14.1. The predicted molar refractivity (Wildman–Crippen MR) is 91.1 cm³/mol. The molecule has 0 aromatic carbocycles. The van der Waals surface area contributed by atoms with Crippen LogP contribution in [0.15, 0.2) is 24.4 Å². The lowest BCUT2D eigenvalue weighted by Gasteiger charge is -2.17. The van der Waals surface area contributed by atoms with Gasteiger partial charge >= 0.3 is 0 Å². The number of hydrogen-bond acceptors (Lipinski definition) is 4. The van der Waals surface area contributed by atoms with Crippen molar-refractivity contribution in [2.24, 2.45) is 0 Å². The summed E-state index contributed by atoms with van der Waals surface area (Å²) in [5.74, 6) is 0.856. The van der Waals surface area contributed by atoms with Crippen LogP contribution in [0.25, 0.3) is 5.52 Å². The summed E-state index contributed by atoms with van der Waals surface area (Å²) in [5, 5.41) is 2.99. The van der Waals surface area contributed by atoms with Gasteiger partial charge in [-0.15, -0.1) is 0 Å². The molecule has 2 aliphatic rings. The second-order valence-electron chi connectivity index (χ2n) is 6.76. The number of pyridine rings is 1. The third kappa shape index (κ3) is 2.80. The van der Waals surface area contributed by atoms with Gasteiger partial charge in [0.1, 0.15) is 5.82 Å². The molecule has 2 unspecified atom stereocenters. The van der Waals surface area contributed by atoms with Gasteiger partial charge in [0.15, 0.2) is 5.69 Å². The van der Waals surface area contributed by atoms with Gasteiger partial charge in [-0.25, -0.2) is 4.98 Å². The monoisotopic (exact) mass is 328 g/mol. The van der Waals surface area contributed by atoms with E-state index in [1.807, 2.05) is 24.4 Å². The minimum atomic E-state index is -0.110. The summed E-state index contributed by atoms with van der Waals surface area (Å²) in [4.78, 5) is 19.7. The quantitative estimate of drug-likeness (QED) is 0.933. The van der Waals surface area contributed by atoms with Crippen LogP contribution in [0, 0.1) is 0 Å². The standard InChI is InChI=1S/C18H24N4O2/c1-21-9-4-8-15(21)17-20-16(14-7-2-3-10-22(14)17)18(23)19-12-13-6-5-11-24-13/h2-3,7,10,13,15H,4-6,8-9,11-12H2,1H3,(H,19,23). The van der Waals surface area contributed by atoms with E-state index in [1.165, 1.54) is 6.42 Å². The molecule has 2 aromatic rings. The molecule has 0 radical (unpaired) electrons. The Balaban J connectivity index is 1.61. The molecule has 24 heavy (non-hydrogen) atoms. The maximum absolute atomic E-state index is 12.7. The Morgan fingerprint density at radius 2 is 2.29 bits per heavy atom. The minimum Gasteiger partial charge on any atom is -0.376 e. The van der Waals surface area contributed by atoms with Crippen molar-refractivity contribution in [3.05, 3.63) is 35.9 Å². The summed E-state index contributed by atoms with van der Waals surface area (Å²) in [5.41, 5.74) is 1.39. The lowest BCUT2D eigenvalue weighted by atomic mass is 10.2. The number of likely N-dealkylation sites (tertiary alicyclic amines) is 1. The summed E-state index contributed by atoms with van der Waals surface area (Å²) < 4.78 is 7.64. The number of hydrogen-bond donors (Lipinski definition) is 1. The molecule has 6 nitrogen and oxygen atoms in total. The van der Waals surface area contributed by atoms with Crippen molar-refractivity contribution in [3.63, 3.8) is 0 Å². The van der Waals surface area contributed by atoms with E-state index in [0.29, 0.717) is 12.2 Å². The van der Waals surface area contributed by atoms with E-state index in [-0.39, 0.29) is 18.1 Å². The van der Waals surface area contributed by atoms with Crippen molar-refractivity contribution >= 4 is 11.4 Å². The first kappa shape index (κ1) is 15.6. The number of nitrogens with one attached hydrogen (secondary N) is 1. The fourth-order valence-electron chi connectivity index (χ4n) is 3.80. The Kier molecular flexibility index (Phi) is 4.24. The molecule has 4 rings (SSSR count). The largest absolute Gasteiger partial charge is 0.376 e. The zero-order chi connectivity index (χ0) is 16.5. The van der Waals surface area contributed by atoms with E-state index in [1.54, 1.807) is 0 Å². The van der Waals surface area contributed by atoms with E-state index >= 15 is 0 Å². The summed E-state index contributed by atoms with van der Waals surface area (Å²) in [7, 11) is 2.12. The first-order chi connectivity index (χ1) is 11.7. The average molecular weight is 328 g/mol. The lowest BCUT2D eigenvalue weighted by molar-refractivity contribution is 0.0855. The fraction of sp³-hybridized carbons (Fsp3) is 0.556. The molecule has 1 amide bonds. The molecule has 0 aliphatic carbocycles. The van der Waals surface area contributed by atoms with Crippen molar-refractivity contribution < 1.29 is 9.53 Å². The number of amides is 1. The normalized spacial score (nSPS) is 24.7. The van der Waals surface area contributed by atoms with Crippen LogP contribution in [0.3, 0.4) is 0 Å². The number of rotatable bonds is 4. The Morgan fingerprint density at radius 3 is 3.04 bits per heavy atom. The molecule has 2 fully saturated rings. The highest BCUT2D eigenvalue weighted by atomic mass is 16.5. The highest BCUT2D eigenvalue weighted by Gasteiger charge is 2.29. The van der Waals surface area contributed by atoms with E-state index in [9.17, 15) is 4.79 Å². The van der Waals surface area contributed by atoms with E-state index in [0.717, 1.165) is 43.8 Å². The van der Waals surface area contributed by atoms with Crippen molar-refractivity contribution in [2.75, 3.05) is 26.7 Å². The first-order valence-electron chi connectivity index (χ1n) is 8.81. The fourth-order valence-corrected chi connectivity index (χ4v) is 3.80. The van der Waals surface area contributed by atoms with E-state index in [4.69, 9.17) is 9.72 Å². The Bertz CT molecular complexity index is 736. The SMILES string of the molecule is CN1CCCC1c1nc(C(=O)NCC2CCCO2)c2ccccn12. The number of nitrogens with zero attached hydrogens (tertiary/aromatic N) is 3. The molecule has 0 saturated carbocycles. The van der Waals surface area contributed by atoms with Crippen molar-refractivity contribution in [1.29, 1.82) is 0 Å². The Hall–Kier alpha value is -1.92. The van der Waals surface area contributed by atoms with Gasteiger partial charge in [-0.2, -0.15) is 0 Å².